The van der Waals surface area contributed by atoms with E-state index in [9.17, 15) is 18.0 Å². The normalized spacial score (nSPS) is 39.5. The number of unbranched alkanes of at least 4 members (excludes halogenated alkanes) is 3. The molecule has 0 amide bonds. The monoisotopic (exact) mass is 518 g/mol. The smallest absolute Gasteiger partial charge is 0.394 e. The molecule has 5 atom stereocenters. The summed E-state index contributed by atoms with van der Waals surface area (Å²) in [7, 11) is 0. The Morgan fingerprint density at radius 3 is 2.57 bits per heavy atom. The van der Waals surface area contributed by atoms with Crippen molar-refractivity contribution in [2.24, 2.45) is 22.7 Å². The van der Waals surface area contributed by atoms with Crippen LogP contribution in [-0.4, -0.2) is 23.9 Å². The van der Waals surface area contributed by atoms with Gasteiger partial charge in [-0.1, -0.05) is 39.2 Å². The summed E-state index contributed by atoms with van der Waals surface area (Å²) in [6.07, 6.45) is 7.57. The van der Waals surface area contributed by atoms with Crippen LogP contribution >= 0.6 is 0 Å². The molecular weight excluding hydrogens is 477 g/mol. The number of benzene rings is 1. The molecule has 3 nitrogen and oxygen atoms in total. The van der Waals surface area contributed by atoms with Gasteiger partial charge in [0, 0.05) is 31.1 Å². The zero-order valence-corrected chi connectivity index (χ0v) is 22.3. The number of ether oxygens (including phenoxy) is 2. The van der Waals surface area contributed by atoms with Crippen LogP contribution in [0.5, 0.6) is 5.75 Å². The standard InChI is InChI=1S/C31H41F3O3/c1-3-4-5-6-7-27(35)36-26-13-12-25-24-10-8-20-16-21(9-11-22(20)23(24)14-15-28(25,26)2)37-30-17-29(18-30,19-30)31(32,33)34/h9,11,16,23-26H,3-8,10,12-15,17-19H2,1-2H3/t23?,24?,25?,26?,28-,29?,30?/m0/s1. The molecule has 6 aliphatic carbocycles. The van der Waals surface area contributed by atoms with Gasteiger partial charge in [0.05, 0.1) is 5.41 Å². The largest absolute Gasteiger partial charge is 0.487 e. The molecule has 1 aromatic carbocycles. The van der Waals surface area contributed by atoms with Crippen LogP contribution in [0, 0.1) is 22.7 Å². The number of rotatable bonds is 8. The van der Waals surface area contributed by atoms with Gasteiger partial charge in [0.25, 0.3) is 0 Å². The first kappa shape index (κ1) is 25.6. The molecule has 4 unspecified atom stereocenters. The fourth-order valence-corrected chi connectivity index (χ4v) is 9.04. The molecular formula is C31H41F3O3. The second kappa shape index (κ2) is 8.91. The van der Waals surface area contributed by atoms with Gasteiger partial charge in [-0.25, -0.2) is 0 Å². The lowest BCUT2D eigenvalue weighted by Crippen LogP contribution is -2.74. The summed E-state index contributed by atoms with van der Waals surface area (Å²) in [5, 5.41) is 0. The van der Waals surface area contributed by atoms with Crippen LogP contribution in [-0.2, 0) is 16.0 Å². The summed E-state index contributed by atoms with van der Waals surface area (Å²) in [6.45, 7) is 4.54. The number of aryl methyl sites for hydroxylation is 1. The minimum absolute atomic E-state index is 0.0171. The average molecular weight is 519 g/mol. The Morgan fingerprint density at radius 1 is 1.05 bits per heavy atom. The van der Waals surface area contributed by atoms with Gasteiger partial charge in [-0.2, -0.15) is 13.2 Å². The molecule has 5 saturated carbocycles. The van der Waals surface area contributed by atoms with E-state index < -0.39 is 17.2 Å². The summed E-state index contributed by atoms with van der Waals surface area (Å²) in [6, 6.07) is 6.29. The number of halogens is 3. The third-order valence-electron chi connectivity index (χ3n) is 11.0. The van der Waals surface area contributed by atoms with E-state index >= 15 is 0 Å². The predicted molar refractivity (Wildman–Crippen MR) is 135 cm³/mol. The van der Waals surface area contributed by atoms with E-state index in [1.54, 1.807) is 0 Å². The van der Waals surface area contributed by atoms with Crippen LogP contribution in [0.1, 0.15) is 114 Å². The number of esters is 1. The maximum Gasteiger partial charge on any atom is 0.394 e. The lowest BCUT2D eigenvalue weighted by molar-refractivity contribution is -0.373. The van der Waals surface area contributed by atoms with E-state index in [4.69, 9.17) is 9.47 Å². The van der Waals surface area contributed by atoms with Gasteiger partial charge in [0.15, 0.2) is 0 Å². The lowest BCUT2D eigenvalue weighted by atomic mass is 9.40. The van der Waals surface area contributed by atoms with Gasteiger partial charge >= 0.3 is 12.1 Å². The highest BCUT2D eigenvalue weighted by Gasteiger charge is 2.80. The van der Waals surface area contributed by atoms with Crippen molar-refractivity contribution < 1.29 is 27.4 Å². The van der Waals surface area contributed by atoms with Crippen molar-refractivity contribution in [2.45, 2.75) is 128 Å². The highest BCUT2D eigenvalue weighted by Crippen LogP contribution is 2.74. The molecule has 5 fully saturated rings. The molecule has 37 heavy (non-hydrogen) atoms. The van der Waals surface area contributed by atoms with E-state index in [-0.39, 0.29) is 36.8 Å². The molecule has 6 aliphatic rings. The molecule has 0 spiro atoms. The number of carbonyl (C=O) groups is 1. The number of hydrogen-bond donors (Lipinski definition) is 0. The highest BCUT2D eigenvalue weighted by atomic mass is 19.4. The second-order valence-electron chi connectivity index (χ2n) is 13.3. The quantitative estimate of drug-likeness (QED) is 0.257. The Hall–Kier alpha value is -1.72. The Labute approximate surface area is 218 Å². The maximum atomic E-state index is 13.2. The van der Waals surface area contributed by atoms with E-state index in [1.165, 1.54) is 24.0 Å². The zero-order valence-electron chi connectivity index (χ0n) is 22.3. The van der Waals surface area contributed by atoms with Gasteiger partial charge < -0.3 is 9.47 Å². The van der Waals surface area contributed by atoms with Gasteiger partial charge in [-0.05, 0) is 86.0 Å². The fraction of sp³-hybridized carbons (Fsp3) is 0.774. The van der Waals surface area contributed by atoms with E-state index in [1.807, 2.05) is 6.07 Å². The third kappa shape index (κ3) is 4.11. The van der Waals surface area contributed by atoms with Crippen LogP contribution in [0.2, 0.25) is 0 Å². The molecule has 0 saturated heterocycles. The predicted octanol–water partition coefficient (Wildman–Crippen LogP) is 8.29. The maximum absolute atomic E-state index is 13.2. The minimum atomic E-state index is -4.11. The number of carbonyl (C=O) groups excluding carboxylic acids is 1. The molecule has 0 radical (unpaired) electrons. The highest BCUT2D eigenvalue weighted by molar-refractivity contribution is 5.69. The molecule has 0 aliphatic heterocycles. The lowest BCUT2D eigenvalue weighted by Gasteiger charge is -2.69. The average Bonchev–Trinajstić information content (AvgIpc) is 3.13. The van der Waals surface area contributed by atoms with E-state index in [2.05, 4.69) is 26.0 Å². The molecule has 1 aromatic rings. The van der Waals surface area contributed by atoms with Crippen molar-refractivity contribution in [3.05, 3.63) is 29.3 Å². The molecule has 6 heteroatoms. The Kier molecular flexibility index (Phi) is 6.15. The summed E-state index contributed by atoms with van der Waals surface area (Å²) >= 11 is 0. The Bertz CT molecular complexity index is 1030. The van der Waals surface area contributed by atoms with Gasteiger partial charge in [-0.15, -0.1) is 0 Å². The molecule has 0 heterocycles. The topological polar surface area (TPSA) is 35.5 Å². The number of hydrogen-bond acceptors (Lipinski definition) is 3. The van der Waals surface area contributed by atoms with Gasteiger partial charge in [-0.3, -0.25) is 4.79 Å². The summed E-state index contributed by atoms with van der Waals surface area (Å²) in [4.78, 5) is 12.6. The Morgan fingerprint density at radius 2 is 1.84 bits per heavy atom. The number of alkyl halides is 3. The van der Waals surface area contributed by atoms with Crippen LogP contribution in [0.25, 0.3) is 0 Å². The van der Waals surface area contributed by atoms with Crippen LogP contribution < -0.4 is 4.74 Å². The first-order valence-corrected chi connectivity index (χ1v) is 14.7. The van der Waals surface area contributed by atoms with Crippen molar-refractivity contribution in [3.63, 3.8) is 0 Å². The first-order valence-electron chi connectivity index (χ1n) is 14.7. The minimum Gasteiger partial charge on any atom is -0.487 e. The Balaban J connectivity index is 1.09. The molecule has 7 rings (SSSR count). The molecule has 0 N–H and O–H groups in total. The third-order valence-corrected chi connectivity index (χ3v) is 11.0. The van der Waals surface area contributed by atoms with Crippen molar-refractivity contribution in [1.29, 1.82) is 0 Å². The van der Waals surface area contributed by atoms with E-state index in [0.29, 0.717) is 24.2 Å². The van der Waals surface area contributed by atoms with Crippen molar-refractivity contribution in [1.82, 2.24) is 0 Å². The zero-order chi connectivity index (χ0) is 26.1. The van der Waals surface area contributed by atoms with Crippen molar-refractivity contribution >= 4 is 5.97 Å². The van der Waals surface area contributed by atoms with E-state index in [0.717, 1.165) is 57.1 Å². The van der Waals surface area contributed by atoms with Crippen molar-refractivity contribution in [3.8, 4) is 5.75 Å². The van der Waals surface area contributed by atoms with Crippen LogP contribution in [0.15, 0.2) is 18.2 Å². The fourth-order valence-electron chi connectivity index (χ4n) is 9.04. The number of fused-ring (bicyclic) bond motifs is 5. The molecule has 204 valence electrons. The molecule has 0 aromatic heterocycles. The molecule has 2 bridgehead atoms. The summed E-state index contributed by atoms with van der Waals surface area (Å²) < 4.78 is 51.9. The first-order chi connectivity index (χ1) is 17.6. The summed E-state index contributed by atoms with van der Waals surface area (Å²) in [5.41, 5.74) is 0.712. The second-order valence-corrected chi connectivity index (χ2v) is 13.3. The van der Waals surface area contributed by atoms with Crippen LogP contribution in [0.4, 0.5) is 13.2 Å². The van der Waals surface area contributed by atoms with Crippen molar-refractivity contribution in [2.75, 3.05) is 0 Å². The van der Waals surface area contributed by atoms with Crippen LogP contribution in [0.3, 0.4) is 0 Å². The van der Waals surface area contributed by atoms with Gasteiger partial charge in [0.2, 0.25) is 0 Å². The summed E-state index contributed by atoms with van der Waals surface area (Å²) in [5.74, 6) is 2.42. The SMILES string of the molecule is CCCCCCC(=O)OC1CCC2C3CCc4cc(OC56CC(C(F)(F)F)(C5)C6)ccc4C3CC[C@]12C. The van der Waals surface area contributed by atoms with Gasteiger partial charge in [0.1, 0.15) is 17.5 Å².